The van der Waals surface area contributed by atoms with E-state index >= 15 is 0 Å². The number of rotatable bonds is 6. The van der Waals surface area contributed by atoms with Crippen LogP contribution >= 0.6 is 11.8 Å². The van der Waals surface area contributed by atoms with Crippen molar-refractivity contribution in [1.82, 2.24) is 0 Å². The minimum Gasteiger partial charge on any atom is -0.394 e. The summed E-state index contributed by atoms with van der Waals surface area (Å²) >= 11 is 1.77. The first-order valence-electron chi connectivity index (χ1n) is 5.82. The van der Waals surface area contributed by atoms with Crippen molar-refractivity contribution < 1.29 is 14.9 Å². The molecule has 1 saturated heterocycles. The van der Waals surface area contributed by atoms with Crippen molar-refractivity contribution in [3.8, 4) is 0 Å². The van der Waals surface area contributed by atoms with Crippen molar-refractivity contribution in [3.05, 3.63) is 0 Å². The molecular formula is C11H22O3S. The first kappa shape index (κ1) is 13.3. The highest BCUT2D eigenvalue weighted by molar-refractivity contribution is 7.99. The van der Waals surface area contributed by atoms with Crippen LogP contribution in [-0.4, -0.2) is 40.2 Å². The molecule has 90 valence electrons. The van der Waals surface area contributed by atoms with Crippen LogP contribution in [0.4, 0.5) is 0 Å². The van der Waals surface area contributed by atoms with E-state index in [1.54, 1.807) is 11.8 Å². The van der Waals surface area contributed by atoms with Gasteiger partial charge in [-0.1, -0.05) is 19.8 Å². The summed E-state index contributed by atoms with van der Waals surface area (Å²) in [5, 5.41) is 18.6. The predicted molar refractivity (Wildman–Crippen MR) is 63.0 cm³/mol. The molecule has 0 amide bonds. The number of aliphatic hydroxyl groups is 2. The van der Waals surface area contributed by atoms with E-state index in [0.29, 0.717) is 12.8 Å². The summed E-state index contributed by atoms with van der Waals surface area (Å²) in [6.45, 7) is 2.20. The fourth-order valence-corrected chi connectivity index (χ4v) is 2.97. The highest BCUT2D eigenvalue weighted by Gasteiger charge is 2.27. The van der Waals surface area contributed by atoms with E-state index in [9.17, 15) is 5.11 Å². The minimum atomic E-state index is -0.306. The first-order valence-corrected chi connectivity index (χ1v) is 6.87. The van der Waals surface area contributed by atoms with Crippen LogP contribution in [0.1, 0.15) is 39.0 Å². The summed E-state index contributed by atoms with van der Waals surface area (Å²) in [5.74, 6) is 1.09. The molecule has 4 heteroatoms. The van der Waals surface area contributed by atoms with E-state index in [1.807, 2.05) is 0 Å². The number of hydrogen-bond acceptors (Lipinski definition) is 4. The third-order valence-electron chi connectivity index (χ3n) is 2.60. The largest absolute Gasteiger partial charge is 0.394 e. The molecule has 3 nitrogen and oxygen atoms in total. The zero-order valence-corrected chi connectivity index (χ0v) is 10.2. The average molecular weight is 234 g/mol. The van der Waals surface area contributed by atoms with Crippen molar-refractivity contribution in [2.24, 2.45) is 0 Å². The summed E-state index contributed by atoms with van der Waals surface area (Å²) < 4.78 is 5.64. The van der Waals surface area contributed by atoms with Gasteiger partial charge < -0.3 is 14.9 Å². The third-order valence-corrected chi connectivity index (χ3v) is 3.80. The van der Waals surface area contributed by atoms with Crippen LogP contribution in [0.2, 0.25) is 0 Å². The molecular weight excluding hydrogens is 212 g/mol. The average Bonchev–Trinajstić information content (AvgIpc) is 2.23. The Morgan fingerprint density at radius 3 is 2.80 bits per heavy atom. The van der Waals surface area contributed by atoms with Crippen LogP contribution in [-0.2, 0) is 4.74 Å². The monoisotopic (exact) mass is 234 g/mol. The molecule has 1 rings (SSSR count). The fourth-order valence-electron chi connectivity index (χ4n) is 1.74. The molecule has 0 aromatic rings. The van der Waals surface area contributed by atoms with Crippen molar-refractivity contribution in [2.75, 3.05) is 12.4 Å². The SMILES string of the molecule is CCCCCSC1CC(O)CC(CO)O1. The Kier molecular flexibility index (Phi) is 6.64. The highest BCUT2D eigenvalue weighted by Crippen LogP contribution is 2.27. The molecule has 15 heavy (non-hydrogen) atoms. The quantitative estimate of drug-likeness (QED) is 0.688. The van der Waals surface area contributed by atoms with Gasteiger partial charge in [-0.2, -0.15) is 0 Å². The molecule has 0 radical (unpaired) electrons. The summed E-state index contributed by atoms with van der Waals surface area (Å²) in [6.07, 6.45) is 4.49. The lowest BCUT2D eigenvalue weighted by Gasteiger charge is -2.31. The summed E-state index contributed by atoms with van der Waals surface area (Å²) in [7, 11) is 0. The van der Waals surface area contributed by atoms with Gasteiger partial charge in [-0.3, -0.25) is 0 Å². The zero-order valence-electron chi connectivity index (χ0n) is 9.39. The van der Waals surface area contributed by atoms with Gasteiger partial charge in [0.05, 0.1) is 18.8 Å². The molecule has 3 unspecified atom stereocenters. The van der Waals surface area contributed by atoms with Gasteiger partial charge >= 0.3 is 0 Å². The second kappa shape index (κ2) is 7.49. The lowest BCUT2D eigenvalue weighted by Crippen LogP contribution is -2.36. The fraction of sp³-hybridized carbons (Fsp3) is 1.00. The van der Waals surface area contributed by atoms with Gasteiger partial charge in [-0.05, 0) is 12.2 Å². The molecule has 2 N–H and O–H groups in total. The Bertz CT molecular complexity index is 166. The maximum absolute atomic E-state index is 9.58. The molecule has 0 aliphatic carbocycles. The highest BCUT2D eigenvalue weighted by atomic mass is 32.2. The Morgan fingerprint density at radius 2 is 2.13 bits per heavy atom. The second-order valence-corrected chi connectivity index (χ2v) is 5.34. The molecule has 3 atom stereocenters. The lowest BCUT2D eigenvalue weighted by molar-refractivity contribution is -0.0783. The van der Waals surface area contributed by atoms with Gasteiger partial charge in [0.1, 0.15) is 5.44 Å². The topological polar surface area (TPSA) is 49.7 Å². The standard InChI is InChI=1S/C11H22O3S/c1-2-3-4-5-15-11-7-9(13)6-10(8-12)14-11/h9-13H,2-8H2,1H3. The summed E-state index contributed by atoms with van der Waals surface area (Å²) in [5.41, 5.74) is 0.0720. The van der Waals surface area contributed by atoms with Crippen LogP contribution in [0.5, 0.6) is 0 Å². The molecule has 0 aromatic carbocycles. The lowest BCUT2D eigenvalue weighted by atomic mass is 10.1. The molecule has 1 heterocycles. The molecule has 0 spiro atoms. The first-order chi connectivity index (χ1) is 7.26. The van der Waals surface area contributed by atoms with E-state index in [-0.39, 0.29) is 24.3 Å². The molecule has 1 aliphatic rings. The van der Waals surface area contributed by atoms with Crippen molar-refractivity contribution in [3.63, 3.8) is 0 Å². The molecule has 0 bridgehead atoms. The third kappa shape index (κ3) is 5.20. The van der Waals surface area contributed by atoms with E-state index in [4.69, 9.17) is 9.84 Å². The van der Waals surface area contributed by atoms with Crippen molar-refractivity contribution in [1.29, 1.82) is 0 Å². The number of unbranched alkanes of at least 4 members (excludes halogenated alkanes) is 2. The van der Waals surface area contributed by atoms with Gasteiger partial charge in [0.15, 0.2) is 0 Å². The van der Waals surface area contributed by atoms with Crippen LogP contribution in [0.15, 0.2) is 0 Å². The normalized spacial score (nSPS) is 31.8. The number of ether oxygens (including phenoxy) is 1. The molecule has 1 fully saturated rings. The Morgan fingerprint density at radius 1 is 1.33 bits per heavy atom. The van der Waals surface area contributed by atoms with Crippen LogP contribution in [0.3, 0.4) is 0 Å². The molecule has 0 saturated carbocycles. The summed E-state index contributed by atoms with van der Waals surface area (Å²) in [4.78, 5) is 0. The molecule has 0 aromatic heterocycles. The number of thioether (sulfide) groups is 1. The Hall–Kier alpha value is 0.230. The van der Waals surface area contributed by atoms with E-state index in [1.165, 1.54) is 19.3 Å². The van der Waals surface area contributed by atoms with Gasteiger partial charge in [-0.15, -0.1) is 11.8 Å². The number of hydrogen-bond donors (Lipinski definition) is 2. The van der Waals surface area contributed by atoms with Gasteiger partial charge in [0.2, 0.25) is 0 Å². The zero-order chi connectivity index (χ0) is 11.1. The van der Waals surface area contributed by atoms with Crippen LogP contribution in [0, 0.1) is 0 Å². The number of aliphatic hydroxyl groups excluding tert-OH is 2. The maximum Gasteiger partial charge on any atom is 0.106 e. The van der Waals surface area contributed by atoms with Crippen LogP contribution in [0.25, 0.3) is 0 Å². The maximum atomic E-state index is 9.58. The van der Waals surface area contributed by atoms with E-state index in [2.05, 4.69) is 6.92 Å². The van der Waals surface area contributed by atoms with E-state index in [0.717, 1.165) is 5.75 Å². The predicted octanol–water partition coefficient (Wildman–Crippen LogP) is 1.77. The smallest absolute Gasteiger partial charge is 0.106 e. The summed E-state index contributed by atoms with van der Waals surface area (Å²) in [6, 6.07) is 0. The Balaban J connectivity index is 2.16. The molecule has 1 aliphatic heterocycles. The second-order valence-electron chi connectivity index (χ2n) is 4.07. The minimum absolute atomic E-state index is 0.0169. The van der Waals surface area contributed by atoms with Gasteiger partial charge in [0, 0.05) is 12.8 Å². The Labute approximate surface area is 96.2 Å². The van der Waals surface area contributed by atoms with Crippen LogP contribution < -0.4 is 0 Å². The van der Waals surface area contributed by atoms with Crippen molar-refractivity contribution >= 4 is 11.8 Å². The van der Waals surface area contributed by atoms with Crippen molar-refractivity contribution in [2.45, 2.75) is 56.7 Å². The van der Waals surface area contributed by atoms with Gasteiger partial charge in [-0.25, -0.2) is 0 Å². The van der Waals surface area contributed by atoms with E-state index < -0.39 is 0 Å². The van der Waals surface area contributed by atoms with Gasteiger partial charge in [0.25, 0.3) is 0 Å².